The summed E-state index contributed by atoms with van der Waals surface area (Å²) in [5, 5.41) is 43.1. The summed E-state index contributed by atoms with van der Waals surface area (Å²) in [5.41, 5.74) is 0. The predicted octanol–water partition coefficient (Wildman–Crippen LogP) is -0.828. The van der Waals surface area contributed by atoms with Crippen LogP contribution in [0.4, 0.5) is 0 Å². The minimum absolute atomic E-state index is 0. The zero-order chi connectivity index (χ0) is 10.7. The molecule has 0 spiro atoms. The molecule has 0 aliphatic carbocycles. The average molecular weight is 290 g/mol. The van der Waals surface area contributed by atoms with Crippen molar-refractivity contribution in [3.05, 3.63) is 40.8 Å². The van der Waals surface area contributed by atoms with E-state index in [1.807, 2.05) is 0 Å². The summed E-state index contributed by atoms with van der Waals surface area (Å²) in [7, 11) is 0. The Morgan fingerprint density at radius 3 is 0.769 bits per heavy atom. The molecule has 0 atom stereocenters. The molecule has 0 aromatic heterocycles. The minimum Gasteiger partial charge on any atom is -0.356 e. The fourth-order valence-corrected chi connectivity index (χ4v) is 0. The molecule has 0 rings (SSSR count). The SMILES string of the molecule is O=[N+]([O-])O.O=[N+]([O-])[O-].O=[N+]([O-])[O-].[Rh]. The van der Waals surface area contributed by atoms with Crippen LogP contribution < -0.4 is 0 Å². The zero-order valence-corrected chi connectivity index (χ0v) is 7.03. The topological polar surface area (TPSA) is 196 Å². The summed E-state index contributed by atoms with van der Waals surface area (Å²) in [5.74, 6) is 0. The van der Waals surface area contributed by atoms with Crippen LogP contribution in [0.25, 0.3) is 0 Å². The Balaban J connectivity index is -0.0000000450. The first-order chi connectivity index (χ1) is 5.20. The van der Waals surface area contributed by atoms with Crippen molar-refractivity contribution in [3.8, 4) is 0 Å². The summed E-state index contributed by atoms with van der Waals surface area (Å²) < 4.78 is 0. The maximum absolute atomic E-state index is 8.36. The quantitative estimate of drug-likeness (QED) is 0.336. The van der Waals surface area contributed by atoms with Crippen LogP contribution >= 0.6 is 0 Å². The molecule has 13 heavy (non-hydrogen) atoms. The maximum atomic E-state index is 8.36. The van der Waals surface area contributed by atoms with Crippen LogP contribution in [0.2, 0.25) is 0 Å². The van der Waals surface area contributed by atoms with Crippen molar-refractivity contribution < 1.29 is 39.9 Å². The molecule has 81 valence electrons. The first-order valence-corrected chi connectivity index (χ1v) is 1.66. The third kappa shape index (κ3) is 219. The van der Waals surface area contributed by atoms with E-state index in [9.17, 15) is 0 Å². The third-order valence-electron chi connectivity index (χ3n) is 0. The molecule has 0 amide bonds. The van der Waals surface area contributed by atoms with Gasteiger partial charge in [0.15, 0.2) is 0 Å². The van der Waals surface area contributed by atoms with Crippen LogP contribution in [0.3, 0.4) is 0 Å². The molecule has 0 aromatic rings. The molecule has 0 unspecified atom stereocenters. The van der Waals surface area contributed by atoms with Gasteiger partial charge in [-0.1, -0.05) is 0 Å². The molecule has 0 heterocycles. The van der Waals surface area contributed by atoms with Crippen molar-refractivity contribution in [2.75, 3.05) is 0 Å². The molecule has 0 aliphatic rings. The molecule has 0 saturated heterocycles. The van der Waals surface area contributed by atoms with Gasteiger partial charge in [0, 0.05) is 19.5 Å². The number of nitrogens with zero attached hydrogens (tertiary/aromatic N) is 3. The van der Waals surface area contributed by atoms with E-state index in [0.717, 1.165) is 0 Å². The second-order valence-corrected chi connectivity index (χ2v) is 0.685. The van der Waals surface area contributed by atoms with Crippen molar-refractivity contribution in [1.82, 2.24) is 0 Å². The molecule has 0 saturated carbocycles. The summed E-state index contributed by atoms with van der Waals surface area (Å²) in [6.07, 6.45) is 0. The fraction of sp³-hybridized carbons (Fsp3) is 0. The summed E-state index contributed by atoms with van der Waals surface area (Å²) in [6.45, 7) is 0. The van der Waals surface area contributed by atoms with Crippen molar-refractivity contribution in [2.45, 2.75) is 0 Å². The van der Waals surface area contributed by atoms with E-state index < -0.39 is 15.3 Å². The largest absolute Gasteiger partial charge is 0.356 e. The smallest absolute Gasteiger partial charge is 0.291 e. The van der Waals surface area contributed by atoms with Gasteiger partial charge in [0.05, 0.1) is 10.2 Å². The van der Waals surface area contributed by atoms with Gasteiger partial charge in [0.1, 0.15) is 0 Å². The summed E-state index contributed by atoms with van der Waals surface area (Å²) >= 11 is 0. The Bertz CT molecular complexity index is 112. The maximum Gasteiger partial charge on any atom is 0.291 e. The van der Waals surface area contributed by atoms with E-state index in [-0.39, 0.29) is 19.5 Å². The number of rotatable bonds is 0. The second-order valence-electron chi connectivity index (χ2n) is 0.685. The molecular formula is HN3O9Rh-2. The van der Waals surface area contributed by atoms with Crippen molar-refractivity contribution in [1.29, 1.82) is 0 Å². The van der Waals surface area contributed by atoms with Gasteiger partial charge in [-0.05, 0) is 0 Å². The summed E-state index contributed by atoms with van der Waals surface area (Å²) in [6, 6.07) is 0. The molecule has 1 N–H and O–H groups in total. The van der Waals surface area contributed by atoms with E-state index in [4.69, 9.17) is 46.0 Å². The molecule has 13 heteroatoms. The van der Waals surface area contributed by atoms with Gasteiger partial charge in [-0.2, -0.15) is 0 Å². The van der Waals surface area contributed by atoms with Crippen LogP contribution in [0.5, 0.6) is 0 Å². The summed E-state index contributed by atoms with van der Waals surface area (Å²) in [4.78, 5) is 24.9. The third-order valence-corrected chi connectivity index (χ3v) is 0. The Hall–Kier alpha value is -1.78. The predicted molar refractivity (Wildman–Crippen MR) is 29.5 cm³/mol. The molecular weight excluding hydrogens is 289 g/mol. The van der Waals surface area contributed by atoms with Gasteiger partial charge < -0.3 is 35.9 Å². The van der Waals surface area contributed by atoms with E-state index in [2.05, 4.69) is 0 Å². The Morgan fingerprint density at radius 1 is 0.769 bits per heavy atom. The monoisotopic (exact) mass is 290 g/mol. The molecule has 0 fully saturated rings. The number of hydrogen-bond donors (Lipinski definition) is 1. The van der Waals surface area contributed by atoms with Crippen LogP contribution in [0, 0.1) is 40.8 Å². The molecule has 0 aliphatic heterocycles. The van der Waals surface area contributed by atoms with Crippen LogP contribution in [0.15, 0.2) is 0 Å². The van der Waals surface area contributed by atoms with Gasteiger partial charge in [-0.25, -0.2) is 0 Å². The van der Waals surface area contributed by atoms with Gasteiger partial charge in [0.25, 0.3) is 5.09 Å². The Kier molecular flexibility index (Phi) is 28.8. The first kappa shape index (κ1) is 22.5. The number of hydrogen-bond acceptors (Lipinski definition) is 8. The zero-order valence-electron chi connectivity index (χ0n) is 5.39. The van der Waals surface area contributed by atoms with Gasteiger partial charge >= 0.3 is 0 Å². The Morgan fingerprint density at radius 2 is 0.769 bits per heavy atom. The van der Waals surface area contributed by atoms with Crippen LogP contribution in [-0.4, -0.2) is 20.5 Å². The standard InChI is InChI=1S/HNO3.2NO3.Rh/c3*2-1(3)4;/h(H,2,3,4);;;/q;2*-1;. The van der Waals surface area contributed by atoms with Gasteiger partial charge in [-0.3, -0.25) is 0 Å². The van der Waals surface area contributed by atoms with E-state index in [0.29, 0.717) is 0 Å². The van der Waals surface area contributed by atoms with Crippen molar-refractivity contribution in [3.63, 3.8) is 0 Å². The van der Waals surface area contributed by atoms with Crippen LogP contribution in [0.1, 0.15) is 0 Å². The van der Waals surface area contributed by atoms with E-state index in [1.165, 1.54) is 0 Å². The van der Waals surface area contributed by atoms with E-state index in [1.54, 1.807) is 0 Å². The molecule has 0 bridgehead atoms. The molecule has 12 nitrogen and oxygen atoms in total. The molecule has 1 radical (unpaired) electrons. The first-order valence-electron chi connectivity index (χ1n) is 1.66. The normalized spacial score (nSPS) is 5.54. The van der Waals surface area contributed by atoms with Gasteiger partial charge in [-0.15, -0.1) is 10.1 Å². The van der Waals surface area contributed by atoms with Gasteiger partial charge in [0.2, 0.25) is 0 Å². The fourth-order valence-electron chi connectivity index (χ4n) is 0. The Labute approximate surface area is 81.5 Å². The minimum atomic E-state index is -1.75. The molecule has 0 aromatic carbocycles. The second kappa shape index (κ2) is 16.7. The average Bonchev–Trinajstić information content (AvgIpc) is 1.54. The van der Waals surface area contributed by atoms with Crippen molar-refractivity contribution in [2.24, 2.45) is 0 Å². The van der Waals surface area contributed by atoms with Crippen LogP contribution in [-0.2, 0) is 19.5 Å². The van der Waals surface area contributed by atoms with Crippen molar-refractivity contribution >= 4 is 0 Å². The van der Waals surface area contributed by atoms with E-state index >= 15 is 0 Å².